The molecule has 26 heavy (non-hydrogen) atoms. The van der Waals surface area contributed by atoms with Gasteiger partial charge in [-0.1, -0.05) is 62.2 Å². The van der Waals surface area contributed by atoms with E-state index in [0.29, 0.717) is 5.92 Å². The molecule has 3 aliphatic rings. The van der Waals surface area contributed by atoms with Crippen LogP contribution in [0.2, 0.25) is 0 Å². The molecule has 1 aromatic rings. The molecule has 3 heteroatoms. The summed E-state index contributed by atoms with van der Waals surface area (Å²) in [6, 6.07) is 10.5. The molecule has 1 saturated carbocycles. The maximum absolute atomic E-state index is 12.6. The molecular weight excluding hydrogens is 322 g/mol. The fourth-order valence-corrected chi connectivity index (χ4v) is 5.55. The molecular formula is C23H31NO2. The Balaban J connectivity index is 1.51. The molecule has 1 saturated heterocycles. The van der Waals surface area contributed by atoms with Gasteiger partial charge in [0, 0.05) is 19.0 Å². The summed E-state index contributed by atoms with van der Waals surface area (Å²) in [6.07, 6.45) is 7.36. The molecule has 1 aromatic carbocycles. The van der Waals surface area contributed by atoms with E-state index in [0.717, 1.165) is 19.5 Å². The van der Waals surface area contributed by atoms with E-state index in [9.17, 15) is 4.79 Å². The fraction of sp³-hybridized carbons (Fsp3) is 0.609. The summed E-state index contributed by atoms with van der Waals surface area (Å²) in [5.41, 5.74) is 3.12. The smallest absolute Gasteiger partial charge is 0.311 e. The van der Waals surface area contributed by atoms with Crippen molar-refractivity contribution < 1.29 is 9.53 Å². The minimum atomic E-state index is -0.0279. The van der Waals surface area contributed by atoms with E-state index in [1.165, 1.54) is 24.8 Å². The van der Waals surface area contributed by atoms with Gasteiger partial charge in [-0.25, -0.2) is 0 Å². The Bertz CT molecular complexity index is 697. The van der Waals surface area contributed by atoms with Gasteiger partial charge in [0.2, 0.25) is 0 Å². The van der Waals surface area contributed by atoms with Crippen molar-refractivity contribution in [2.45, 2.75) is 52.2 Å². The predicted octanol–water partition coefficient (Wildman–Crippen LogP) is 4.43. The highest BCUT2D eigenvalue weighted by molar-refractivity contribution is 5.76. The molecule has 2 aliphatic carbocycles. The summed E-state index contributed by atoms with van der Waals surface area (Å²) in [6.45, 7) is 6.38. The lowest BCUT2D eigenvalue weighted by molar-refractivity contribution is -0.145. The topological polar surface area (TPSA) is 29.5 Å². The van der Waals surface area contributed by atoms with Crippen molar-refractivity contribution >= 4 is 5.97 Å². The van der Waals surface area contributed by atoms with Crippen LogP contribution in [0.25, 0.3) is 0 Å². The Morgan fingerprint density at radius 3 is 2.81 bits per heavy atom. The number of ether oxygens (including phenoxy) is 1. The number of fused-ring (bicyclic) bond motifs is 2. The van der Waals surface area contributed by atoms with Gasteiger partial charge in [0.1, 0.15) is 6.10 Å². The first kappa shape index (κ1) is 17.8. The molecule has 0 bridgehead atoms. The average Bonchev–Trinajstić information content (AvgIpc) is 2.88. The van der Waals surface area contributed by atoms with Crippen LogP contribution >= 0.6 is 0 Å². The number of carbonyl (C=O) groups excluding carboxylic acids is 1. The van der Waals surface area contributed by atoms with Gasteiger partial charge in [-0.15, -0.1) is 0 Å². The monoisotopic (exact) mass is 353 g/mol. The summed E-state index contributed by atoms with van der Waals surface area (Å²) in [5.74, 6) is 0.879. The van der Waals surface area contributed by atoms with Gasteiger partial charge < -0.3 is 9.64 Å². The van der Waals surface area contributed by atoms with Gasteiger partial charge >= 0.3 is 5.97 Å². The predicted molar refractivity (Wildman–Crippen MR) is 103 cm³/mol. The van der Waals surface area contributed by atoms with Crippen LogP contribution in [0.5, 0.6) is 0 Å². The summed E-state index contributed by atoms with van der Waals surface area (Å²) in [4.78, 5) is 14.9. The highest BCUT2D eigenvalue weighted by Gasteiger charge is 2.51. The van der Waals surface area contributed by atoms with Gasteiger partial charge in [0.05, 0.1) is 5.92 Å². The second-order valence-electron chi connectivity index (χ2n) is 9.02. The zero-order valence-electron chi connectivity index (χ0n) is 16.3. The molecule has 0 amide bonds. The fourth-order valence-electron chi connectivity index (χ4n) is 5.55. The number of nitrogens with zero attached hydrogens (tertiary/aromatic N) is 1. The van der Waals surface area contributed by atoms with E-state index in [-0.39, 0.29) is 29.3 Å². The van der Waals surface area contributed by atoms with Crippen LogP contribution in [0.15, 0.2) is 42.0 Å². The molecule has 0 unspecified atom stereocenters. The van der Waals surface area contributed by atoms with Gasteiger partial charge in [-0.3, -0.25) is 4.79 Å². The number of esters is 1. The van der Waals surface area contributed by atoms with E-state index >= 15 is 0 Å². The quantitative estimate of drug-likeness (QED) is 0.592. The number of hydrogen-bond acceptors (Lipinski definition) is 3. The number of rotatable bonds is 4. The van der Waals surface area contributed by atoms with Crippen LogP contribution in [0.1, 0.15) is 45.1 Å². The Hall–Kier alpha value is -1.61. The van der Waals surface area contributed by atoms with Crippen molar-refractivity contribution in [3.63, 3.8) is 0 Å². The number of allylic oxidation sites excluding steroid dienone is 1. The standard InChI is InChI=1S/C23H31NO2/c1-16-8-7-11-23(2)13-21-18(12-20(16)23)19(22(25)26-21)15-24(3)14-17-9-5-4-6-10-17/h4-6,9-10,12,16,18-19,21H,7-8,11,13-15H2,1-3H3/t16-,18+,19+,21+,23+/m0/s1. The lowest BCUT2D eigenvalue weighted by Gasteiger charge is -2.46. The SMILES string of the molecule is C[C@H]1CCC[C@]2(C)C[C@H]3OC(=O)[C@H](CN(C)Cc4ccccc4)[C@H]3C=C12. The molecule has 3 nitrogen and oxygen atoms in total. The average molecular weight is 354 g/mol. The molecule has 0 aromatic heterocycles. The highest BCUT2D eigenvalue weighted by Crippen LogP contribution is 2.53. The van der Waals surface area contributed by atoms with Crippen molar-refractivity contribution in [1.29, 1.82) is 0 Å². The molecule has 0 N–H and O–H groups in total. The van der Waals surface area contributed by atoms with Gasteiger partial charge in [-0.2, -0.15) is 0 Å². The number of hydrogen-bond donors (Lipinski definition) is 0. The Labute approximate surface area is 157 Å². The third-order valence-corrected chi connectivity index (χ3v) is 6.89. The van der Waals surface area contributed by atoms with Crippen LogP contribution in [0.4, 0.5) is 0 Å². The van der Waals surface area contributed by atoms with E-state index in [1.807, 2.05) is 6.07 Å². The zero-order valence-corrected chi connectivity index (χ0v) is 16.3. The summed E-state index contributed by atoms with van der Waals surface area (Å²) >= 11 is 0. The molecule has 1 heterocycles. The summed E-state index contributed by atoms with van der Waals surface area (Å²) in [5, 5.41) is 0. The number of benzene rings is 1. The van der Waals surface area contributed by atoms with E-state index in [1.54, 1.807) is 5.57 Å². The van der Waals surface area contributed by atoms with Gasteiger partial charge in [-0.05, 0) is 43.2 Å². The molecule has 1 aliphatic heterocycles. The number of carbonyl (C=O) groups is 1. The zero-order chi connectivity index (χ0) is 18.3. The third kappa shape index (κ3) is 3.22. The first-order valence-corrected chi connectivity index (χ1v) is 10.1. The summed E-state index contributed by atoms with van der Waals surface area (Å²) < 4.78 is 5.87. The van der Waals surface area contributed by atoms with Crippen LogP contribution in [-0.2, 0) is 16.1 Å². The molecule has 0 radical (unpaired) electrons. The maximum atomic E-state index is 12.6. The minimum absolute atomic E-state index is 0.00617. The van der Waals surface area contributed by atoms with E-state index in [2.05, 4.69) is 56.1 Å². The van der Waals surface area contributed by atoms with Crippen molar-refractivity contribution in [3.8, 4) is 0 Å². The van der Waals surface area contributed by atoms with Crippen LogP contribution in [-0.4, -0.2) is 30.6 Å². The maximum Gasteiger partial charge on any atom is 0.311 e. The van der Waals surface area contributed by atoms with E-state index in [4.69, 9.17) is 4.74 Å². The van der Waals surface area contributed by atoms with Gasteiger partial charge in [0.15, 0.2) is 0 Å². The highest BCUT2D eigenvalue weighted by atomic mass is 16.6. The first-order chi connectivity index (χ1) is 12.5. The molecule has 4 rings (SSSR count). The Morgan fingerprint density at radius 1 is 1.27 bits per heavy atom. The molecule has 2 fully saturated rings. The summed E-state index contributed by atoms with van der Waals surface area (Å²) in [7, 11) is 2.11. The Kier molecular flexibility index (Phi) is 4.68. The normalized spacial score (nSPS) is 36.3. The first-order valence-electron chi connectivity index (χ1n) is 10.1. The molecule has 0 spiro atoms. The van der Waals surface area contributed by atoms with Crippen molar-refractivity contribution in [2.75, 3.05) is 13.6 Å². The Morgan fingerprint density at radius 2 is 2.04 bits per heavy atom. The van der Waals surface area contributed by atoms with Crippen molar-refractivity contribution in [1.82, 2.24) is 4.90 Å². The minimum Gasteiger partial charge on any atom is -0.461 e. The second-order valence-corrected chi connectivity index (χ2v) is 9.02. The van der Waals surface area contributed by atoms with Crippen LogP contribution in [0, 0.1) is 23.2 Å². The van der Waals surface area contributed by atoms with Crippen LogP contribution < -0.4 is 0 Å². The van der Waals surface area contributed by atoms with E-state index < -0.39 is 0 Å². The van der Waals surface area contributed by atoms with Crippen molar-refractivity contribution in [3.05, 3.63) is 47.5 Å². The second kappa shape index (κ2) is 6.84. The van der Waals surface area contributed by atoms with Gasteiger partial charge in [0.25, 0.3) is 0 Å². The lowest BCUT2D eigenvalue weighted by atomic mass is 9.59. The van der Waals surface area contributed by atoms with Crippen molar-refractivity contribution in [2.24, 2.45) is 23.2 Å². The molecule has 5 atom stereocenters. The third-order valence-electron chi connectivity index (χ3n) is 6.89. The molecule has 140 valence electrons. The largest absolute Gasteiger partial charge is 0.461 e. The van der Waals surface area contributed by atoms with Crippen LogP contribution in [0.3, 0.4) is 0 Å². The lowest BCUT2D eigenvalue weighted by Crippen LogP contribution is -2.40.